The SMILES string of the molecule is CC(C)(C)[Si](C)(C)OCCc1ccccc1C(O)c1csc(C2OC=CO2)c1. The number of ether oxygens (including phenoxy) is 2. The first-order valence-corrected chi connectivity index (χ1v) is 13.4. The van der Waals surface area contributed by atoms with Gasteiger partial charge in [-0.25, -0.2) is 0 Å². The van der Waals surface area contributed by atoms with Gasteiger partial charge in [-0.15, -0.1) is 11.3 Å². The molecule has 1 aliphatic rings. The molecule has 152 valence electrons. The van der Waals surface area contributed by atoms with Gasteiger partial charge in [-0.3, -0.25) is 0 Å². The first-order chi connectivity index (χ1) is 13.2. The third kappa shape index (κ3) is 4.68. The fraction of sp³-hybridized carbons (Fsp3) is 0.455. The molecule has 0 saturated carbocycles. The zero-order valence-electron chi connectivity index (χ0n) is 17.3. The van der Waals surface area contributed by atoms with Crippen LogP contribution in [0.4, 0.5) is 0 Å². The van der Waals surface area contributed by atoms with E-state index in [1.807, 2.05) is 29.6 Å². The second-order valence-corrected chi connectivity index (χ2v) is 14.4. The molecule has 2 aromatic rings. The molecule has 2 heterocycles. The minimum atomic E-state index is -1.77. The van der Waals surface area contributed by atoms with Crippen molar-refractivity contribution in [2.75, 3.05) is 6.61 Å². The number of rotatable bonds is 7. The first kappa shape index (κ1) is 21.1. The van der Waals surface area contributed by atoms with Gasteiger partial charge in [-0.05, 0) is 52.7 Å². The summed E-state index contributed by atoms with van der Waals surface area (Å²) in [5, 5.41) is 13.2. The van der Waals surface area contributed by atoms with Crippen molar-refractivity contribution < 1.29 is 19.0 Å². The molecule has 1 N–H and O–H groups in total. The highest BCUT2D eigenvalue weighted by Crippen LogP contribution is 2.37. The summed E-state index contributed by atoms with van der Waals surface area (Å²) in [6.45, 7) is 11.9. The molecule has 1 aliphatic heterocycles. The van der Waals surface area contributed by atoms with Crippen LogP contribution in [-0.2, 0) is 20.3 Å². The molecule has 0 spiro atoms. The summed E-state index contributed by atoms with van der Waals surface area (Å²) < 4.78 is 17.1. The summed E-state index contributed by atoms with van der Waals surface area (Å²) in [6, 6.07) is 10.0. The van der Waals surface area contributed by atoms with E-state index in [1.165, 1.54) is 23.9 Å². The standard InChI is InChI=1S/C22H30O4SSi/c1-22(2,3)28(4,5)26-11-10-16-8-6-7-9-18(16)20(23)17-14-19(27-15-17)21-24-12-13-25-21/h6-9,12-15,20-21,23H,10-11H2,1-5H3. The van der Waals surface area contributed by atoms with Crippen molar-refractivity contribution in [3.8, 4) is 0 Å². The Hall–Kier alpha value is -1.60. The molecule has 3 rings (SSSR count). The highest BCUT2D eigenvalue weighted by Gasteiger charge is 2.36. The van der Waals surface area contributed by atoms with Crippen LogP contribution in [0.2, 0.25) is 18.1 Å². The van der Waals surface area contributed by atoms with Gasteiger partial charge in [-0.2, -0.15) is 0 Å². The van der Waals surface area contributed by atoms with E-state index in [-0.39, 0.29) is 5.04 Å². The molecule has 1 unspecified atom stereocenters. The van der Waals surface area contributed by atoms with Crippen molar-refractivity contribution >= 4 is 19.7 Å². The van der Waals surface area contributed by atoms with Crippen LogP contribution in [0.15, 0.2) is 48.2 Å². The molecule has 6 heteroatoms. The van der Waals surface area contributed by atoms with Gasteiger partial charge < -0.3 is 19.0 Å². The minimum Gasteiger partial charge on any atom is -0.454 e. The van der Waals surface area contributed by atoms with Crippen molar-refractivity contribution in [2.24, 2.45) is 0 Å². The van der Waals surface area contributed by atoms with E-state index in [4.69, 9.17) is 13.9 Å². The van der Waals surface area contributed by atoms with Crippen molar-refractivity contribution in [1.82, 2.24) is 0 Å². The molecule has 1 atom stereocenters. The maximum atomic E-state index is 11.0. The number of hydrogen-bond donors (Lipinski definition) is 1. The Kier molecular flexibility index (Phi) is 6.34. The summed E-state index contributed by atoms with van der Waals surface area (Å²) in [6.07, 6.45) is 2.79. The summed E-state index contributed by atoms with van der Waals surface area (Å²) in [4.78, 5) is 0.942. The van der Waals surface area contributed by atoms with E-state index >= 15 is 0 Å². The van der Waals surface area contributed by atoms with Gasteiger partial charge in [0, 0.05) is 6.61 Å². The molecule has 1 aromatic carbocycles. The maximum Gasteiger partial charge on any atom is 0.275 e. The second kappa shape index (κ2) is 8.41. The van der Waals surface area contributed by atoms with Crippen LogP contribution >= 0.6 is 11.3 Å². The number of benzene rings is 1. The molecule has 1 aromatic heterocycles. The lowest BCUT2D eigenvalue weighted by molar-refractivity contribution is -0.0217. The molecule has 0 saturated heterocycles. The van der Waals surface area contributed by atoms with E-state index in [2.05, 4.69) is 39.9 Å². The predicted molar refractivity (Wildman–Crippen MR) is 116 cm³/mol. The molecule has 0 amide bonds. The zero-order valence-corrected chi connectivity index (χ0v) is 19.1. The Balaban J connectivity index is 1.69. The molecule has 4 nitrogen and oxygen atoms in total. The van der Waals surface area contributed by atoms with Crippen LogP contribution in [0.25, 0.3) is 0 Å². The van der Waals surface area contributed by atoms with E-state index in [0.717, 1.165) is 28.0 Å². The number of thiophene rings is 1. The van der Waals surface area contributed by atoms with Crippen LogP contribution in [0, 0.1) is 0 Å². The zero-order chi connectivity index (χ0) is 20.4. The topological polar surface area (TPSA) is 47.9 Å². The summed E-state index contributed by atoms with van der Waals surface area (Å²) in [5.41, 5.74) is 2.91. The maximum absolute atomic E-state index is 11.0. The van der Waals surface area contributed by atoms with Gasteiger partial charge in [0.2, 0.25) is 0 Å². The molecule has 28 heavy (non-hydrogen) atoms. The molecule has 0 fully saturated rings. The summed E-state index contributed by atoms with van der Waals surface area (Å²) in [5.74, 6) is 0. The highest BCUT2D eigenvalue weighted by molar-refractivity contribution is 7.10. The number of aliphatic hydroxyl groups excluding tert-OH is 1. The quantitative estimate of drug-likeness (QED) is 0.568. The lowest BCUT2D eigenvalue weighted by Crippen LogP contribution is -2.41. The normalized spacial score (nSPS) is 16.1. The molecule has 0 aliphatic carbocycles. The van der Waals surface area contributed by atoms with Crippen LogP contribution in [0.1, 0.15) is 54.7 Å². The van der Waals surface area contributed by atoms with Gasteiger partial charge in [0.15, 0.2) is 8.32 Å². The van der Waals surface area contributed by atoms with E-state index in [1.54, 1.807) is 0 Å². The average molecular weight is 419 g/mol. The summed E-state index contributed by atoms with van der Waals surface area (Å²) in [7, 11) is -1.77. The van der Waals surface area contributed by atoms with E-state index in [9.17, 15) is 5.11 Å². The van der Waals surface area contributed by atoms with E-state index < -0.39 is 20.7 Å². The van der Waals surface area contributed by atoms with Crippen LogP contribution in [0.3, 0.4) is 0 Å². The Morgan fingerprint density at radius 1 is 1.18 bits per heavy atom. The van der Waals surface area contributed by atoms with Crippen molar-refractivity contribution in [3.05, 3.63) is 69.8 Å². The fourth-order valence-corrected chi connectivity index (χ4v) is 4.79. The second-order valence-electron chi connectivity index (χ2n) is 8.62. The Morgan fingerprint density at radius 2 is 1.86 bits per heavy atom. The largest absolute Gasteiger partial charge is 0.454 e. The van der Waals surface area contributed by atoms with E-state index in [0.29, 0.717) is 6.61 Å². The van der Waals surface area contributed by atoms with Crippen LogP contribution in [-0.4, -0.2) is 20.0 Å². The van der Waals surface area contributed by atoms with Gasteiger partial charge in [-0.1, -0.05) is 45.0 Å². The third-order valence-corrected chi connectivity index (χ3v) is 11.1. The van der Waals surface area contributed by atoms with Crippen LogP contribution < -0.4 is 0 Å². The number of aliphatic hydroxyl groups is 1. The van der Waals surface area contributed by atoms with Gasteiger partial charge >= 0.3 is 0 Å². The fourth-order valence-electron chi connectivity index (χ4n) is 2.85. The Bertz CT molecular complexity index is 814. The first-order valence-electron chi connectivity index (χ1n) is 9.63. The van der Waals surface area contributed by atoms with Crippen LogP contribution in [0.5, 0.6) is 0 Å². The smallest absolute Gasteiger partial charge is 0.275 e. The van der Waals surface area contributed by atoms with Gasteiger partial charge in [0.05, 0.1) is 4.88 Å². The molecular formula is C22H30O4SSi. The minimum absolute atomic E-state index is 0.193. The highest BCUT2D eigenvalue weighted by atomic mass is 32.1. The van der Waals surface area contributed by atoms with Crippen molar-refractivity contribution in [2.45, 2.75) is 57.7 Å². The van der Waals surface area contributed by atoms with Gasteiger partial charge in [0.25, 0.3) is 6.29 Å². The Labute approximate surface area is 172 Å². The van der Waals surface area contributed by atoms with Crippen molar-refractivity contribution in [3.63, 3.8) is 0 Å². The monoisotopic (exact) mass is 418 g/mol. The summed E-state index contributed by atoms with van der Waals surface area (Å²) >= 11 is 1.53. The average Bonchev–Trinajstić information content (AvgIpc) is 3.32. The lowest BCUT2D eigenvalue weighted by atomic mass is 9.97. The third-order valence-electron chi connectivity index (χ3n) is 5.64. The predicted octanol–water partition coefficient (Wildman–Crippen LogP) is 5.91. The molecule has 0 bridgehead atoms. The molecule has 0 radical (unpaired) electrons. The Morgan fingerprint density at radius 3 is 2.54 bits per heavy atom. The lowest BCUT2D eigenvalue weighted by Gasteiger charge is -2.36. The number of hydrogen-bond acceptors (Lipinski definition) is 5. The molecular weight excluding hydrogens is 388 g/mol. The van der Waals surface area contributed by atoms with Gasteiger partial charge in [0.1, 0.15) is 18.6 Å². The van der Waals surface area contributed by atoms with Crippen molar-refractivity contribution in [1.29, 1.82) is 0 Å².